The van der Waals surface area contributed by atoms with Crippen LogP contribution in [0.5, 0.6) is 5.75 Å². The third-order valence-electron chi connectivity index (χ3n) is 5.02. The normalized spacial score (nSPS) is 16.9. The van der Waals surface area contributed by atoms with E-state index in [1.807, 2.05) is 18.2 Å². The van der Waals surface area contributed by atoms with Gasteiger partial charge in [0, 0.05) is 28.2 Å². The van der Waals surface area contributed by atoms with Crippen molar-refractivity contribution in [1.82, 2.24) is 10.3 Å². The number of nitrogens with one attached hydrogen (secondary N) is 2. The second-order valence-electron chi connectivity index (χ2n) is 6.49. The standard InChI is InChI=1S/C20H15ClN2O3/c21-10-5-6-14-13(9-10)11-7-8-22-18(17(11)23-14)16-19(24)12-3-1-2-4-15(12)26-20(16)25/h1-6,9,18,22-24H,7-8H2. The average molecular weight is 367 g/mol. The van der Waals surface area contributed by atoms with E-state index in [1.165, 1.54) is 0 Å². The van der Waals surface area contributed by atoms with Crippen molar-refractivity contribution in [3.05, 3.63) is 74.7 Å². The number of aromatic hydroxyl groups is 1. The molecular formula is C20H15ClN2O3. The number of H-pyrrole nitrogens is 1. The van der Waals surface area contributed by atoms with Crippen LogP contribution < -0.4 is 10.9 Å². The topological polar surface area (TPSA) is 78.3 Å². The van der Waals surface area contributed by atoms with Gasteiger partial charge >= 0.3 is 5.63 Å². The van der Waals surface area contributed by atoms with Crippen LogP contribution in [0.3, 0.4) is 0 Å². The van der Waals surface area contributed by atoms with Crippen LogP contribution in [0.2, 0.25) is 5.02 Å². The van der Waals surface area contributed by atoms with E-state index < -0.39 is 11.7 Å². The van der Waals surface area contributed by atoms with E-state index in [0.29, 0.717) is 22.5 Å². The molecule has 0 spiro atoms. The maximum Gasteiger partial charge on any atom is 0.345 e. The second-order valence-corrected chi connectivity index (χ2v) is 6.93. The molecular weight excluding hydrogens is 352 g/mol. The van der Waals surface area contributed by atoms with Crippen molar-refractivity contribution in [2.45, 2.75) is 12.5 Å². The number of hydrogen-bond acceptors (Lipinski definition) is 4. The fraction of sp³-hybridized carbons (Fsp3) is 0.150. The zero-order valence-electron chi connectivity index (χ0n) is 13.7. The number of benzene rings is 2. The van der Waals surface area contributed by atoms with E-state index in [1.54, 1.807) is 24.3 Å². The minimum absolute atomic E-state index is 0.0427. The first kappa shape index (κ1) is 15.5. The number of aromatic nitrogens is 1. The first-order valence-corrected chi connectivity index (χ1v) is 8.79. The van der Waals surface area contributed by atoms with Crippen LogP contribution in [-0.2, 0) is 6.42 Å². The SMILES string of the molecule is O=c1oc2ccccc2c(O)c1C1NCCc2c1[nH]c1ccc(Cl)cc21. The number of para-hydroxylation sites is 1. The Morgan fingerprint density at radius 2 is 2.00 bits per heavy atom. The Morgan fingerprint density at radius 1 is 1.15 bits per heavy atom. The number of fused-ring (bicyclic) bond motifs is 4. The Hall–Kier alpha value is -2.76. The quantitative estimate of drug-likeness (QED) is 0.447. The molecule has 1 aliphatic rings. The van der Waals surface area contributed by atoms with Crippen LogP contribution in [0, 0.1) is 0 Å². The molecule has 2 aromatic carbocycles. The number of aromatic amines is 1. The lowest BCUT2D eigenvalue weighted by molar-refractivity contribution is 0.435. The van der Waals surface area contributed by atoms with Crippen LogP contribution in [0.25, 0.3) is 21.9 Å². The van der Waals surface area contributed by atoms with Gasteiger partial charge in [0.15, 0.2) is 0 Å². The van der Waals surface area contributed by atoms with E-state index in [-0.39, 0.29) is 11.3 Å². The first-order valence-electron chi connectivity index (χ1n) is 8.41. The second kappa shape index (κ2) is 5.62. The molecule has 5 nitrogen and oxygen atoms in total. The highest BCUT2D eigenvalue weighted by molar-refractivity contribution is 6.31. The molecule has 26 heavy (non-hydrogen) atoms. The van der Waals surface area contributed by atoms with Crippen LogP contribution >= 0.6 is 11.6 Å². The van der Waals surface area contributed by atoms with Gasteiger partial charge in [-0.3, -0.25) is 0 Å². The van der Waals surface area contributed by atoms with Gasteiger partial charge in [-0.2, -0.15) is 0 Å². The van der Waals surface area contributed by atoms with Gasteiger partial charge in [-0.1, -0.05) is 23.7 Å². The summed E-state index contributed by atoms with van der Waals surface area (Å²) in [4.78, 5) is 16.0. The minimum Gasteiger partial charge on any atom is -0.507 e. The minimum atomic E-state index is -0.539. The summed E-state index contributed by atoms with van der Waals surface area (Å²) in [6, 6.07) is 12.2. The third kappa shape index (κ3) is 2.18. The summed E-state index contributed by atoms with van der Waals surface area (Å²) in [5, 5.41) is 16.4. The number of rotatable bonds is 1. The molecule has 5 rings (SSSR count). The molecule has 1 atom stereocenters. The van der Waals surface area contributed by atoms with Crippen molar-refractivity contribution >= 4 is 33.5 Å². The Kier molecular flexibility index (Phi) is 3.35. The Balaban J connectivity index is 1.78. The predicted octanol–water partition coefficient (Wildman–Crippen LogP) is 3.87. The zero-order chi connectivity index (χ0) is 17.8. The lowest BCUT2D eigenvalue weighted by Gasteiger charge is -2.24. The summed E-state index contributed by atoms with van der Waals surface area (Å²) >= 11 is 6.15. The summed E-state index contributed by atoms with van der Waals surface area (Å²) in [5.74, 6) is -0.0427. The van der Waals surface area contributed by atoms with Crippen molar-refractivity contribution in [1.29, 1.82) is 0 Å². The maximum atomic E-state index is 12.6. The molecule has 0 bridgehead atoms. The molecule has 3 N–H and O–H groups in total. The monoisotopic (exact) mass is 366 g/mol. The van der Waals surface area contributed by atoms with Gasteiger partial charge < -0.3 is 19.8 Å². The third-order valence-corrected chi connectivity index (χ3v) is 5.26. The summed E-state index contributed by atoms with van der Waals surface area (Å²) < 4.78 is 5.44. The van der Waals surface area contributed by atoms with E-state index in [0.717, 1.165) is 28.6 Å². The van der Waals surface area contributed by atoms with Gasteiger partial charge in [-0.05, 0) is 42.3 Å². The van der Waals surface area contributed by atoms with Crippen molar-refractivity contribution in [3.8, 4) is 5.75 Å². The van der Waals surface area contributed by atoms with Gasteiger partial charge in [0.1, 0.15) is 16.9 Å². The van der Waals surface area contributed by atoms with E-state index in [2.05, 4.69) is 10.3 Å². The van der Waals surface area contributed by atoms with Crippen molar-refractivity contribution in [3.63, 3.8) is 0 Å². The van der Waals surface area contributed by atoms with Crippen LogP contribution in [0.4, 0.5) is 0 Å². The highest BCUT2D eigenvalue weighted by Crippen LogP contribution is 2.38. The van der Waals surface area contributed by atoms with Gasteiger partial charge in [-0.25, -0.2) is 4.79 Å². The Labute approximate surface area is 153 Å². The van der Waals surface area contributed by atoms with Gasteiger partial charge in [0.05, 0.1) is 11.4 Å². The summed E-state index contributed by atoms with van der Waals surface area (Å²) in [6.07, 6.45) is 0.811. The largest absolute Gasteiger partial charge is 0.507 e. The fourth-order valence-corrected chi connectivity index (χ4v) is 4.02. The Morgan fingerprint density at radius 3 is 2.88 bits per heavy atom. The summed E-state index contributed by atoms with van der Waals surface area (Å²) in [5.41, 5.74) is 2.99. The molecule has 0 saturated carbocycles. The summed E-state index contributed by atoms with van der Waals surface area (Å²) in [6.45, 7) is 0.683. The lowest BCUT2D eigenvalue weighted by Crippen LogP contribution is -2.33. The number of halogens is 1. The predicted molar refractivity (Wildman–Crippen MR) is 101 cm³/mol. The van der Waals surface area contributed by atoms with Crippen molar-refractivity contribution in [2.75, 3.05) is 6.54 Å². The highest BCUT2D eigenvalue weighted by Gasteiger charge is 2.31. The van der Waals surface area contributed by atoms with Crippen molar-refractivity contribution < 1.29 is 9.52 Å². The van der Waals surface area contributed by atoms with Crippen LogP contribution in [0.15, 0.2) is 51.7 Å². The number of hydrogen-bond donors (Lipinski definition) is 3. The Bertz CT molecular complexity index is 1230. The fourth-order valence-electron chi connectivity index (χ4n) is 3.85. The molecule has 1 unspecified atom stereocenters. The molecule has 0 fully saturated rings. The van der Waals surface area contributed by atoms with Gasteiger partial charge in [-0.15, -0.1) is 0 Å². The molecule has 1 aliphatic heterocycles. The van der Waals surface area contributed by atoms with Gasteiger partial charge in [0.2, 0.25) is 0 Å². The molecule has 130 valence electrons. The summed E-state index contributed by atoms with van der Waals surface area (Å²) in [7, 11) is 0. The smallest absolute Gasteiger partial charge is 0.345 e. The van der Waals surface area contributed by atoms with Gasteiger partial charge in [0.25, 0.3) is 0 Å². The van der Waals surface area contributed by atoms with E-state index in [9.17, 15) is 9.90 Å². The molecule has 0 saturated heterocycles. The maximum absolute atomic E-state index is 12.6. The molecule has 0 amide bonds. The lowest BCUT2D eigenvalue weighted by atomic mass is 9.94. The molecule has 0 radical (unpaired) electrons. The average Bonchev–Trinajstić information content (AvgIpc) is 3.00. The van der Waals surface area contributed by atoms with Crippen molar-refractivity contribution in [2.24, 2.45) is 0 Å². The zero-order valence-corrected chi connectivity index (χ0v) is 14.4. The first-order chi connectivity index (χ1) is 12.6. The molecule has 2 aromatic heterocycles. The molecule has 6 heteroatoms. The highest BCUT2D eigenvalue weighted by atomic mass is 35.5. The van der Waals surface area contributed by atoms with Crippen LogP contribution in [0.1, 0.15) is 22.9 Å². The molecule has 0 aliphatic carbocycles. The van der Waals surface area contributed by atoms with Crippen LogP contribution in [-0.4, -0.2) is 16.6 Å². The van der Waals surface area contributed by atoms with E-state index >= 15 is 0 Å². The molecule has 4 aromatic rings. The molecule has 3 heterocycles. The van der Waals surface area contributed by atoms with E-state index in [4.69, 9.17) is 16.0 Å².